The number of anilines is 3. The lowest BCUT2D eigenvalue weighted by molar-refractivity contribution is 0.528. The van der Waals surface area contributed by atoms with Crippen LogP contribution in [0.15, 0.2) is 0 Å². The summed E-state index contributed by atoms with van der Waals surface area (Å²) in [6.07, 6.45) is 4.90. The summed E-state index contributed by atoms with van der Waals surface area (Å²) in [5.74, 6) is 2.08. The van der Waals surface area contributed by atoms with Gasteiger partial charge >= 0.3 is 0 Å². The van der Waals surface area contributed by atoms with E-state index in [0.29, 0.717) is 11.9 Å². The van der Waals surface area contributed by atoms with Gasteiger partial charge in [0, 0.05) is 25.2 Å². The molecule has 21 heavy (non-hydrogen) atoms. The summed E-state index contributed by atoms with van der Waals surface area (Å²) in [6.45, 7) is 11.1. The second kappa shape index (κ2) is 6.91. The second-order valence-corrected chi connectivity index (χ2v) is 5.88. The number of hydrogen-bond acceptors (Lipinski definition) is 6. The summed E-state index contributed by atoms with van der Waals surface area (Å²) in [5, 5.41) is 6.73. The van der Waals surface area contributed by atoms with E-state index in [-0.39, 0.29) is 5.54 Å². The van der Waals surface area contributed by atoms with Crippen LogP contribution >= 0.6 is 0 Å². The third-order valence-corrected chi connectivity index (χ3v) is 4.13. The van der Waals surface area contributed by atoms with Gasteiger partial charge in [0.15, 0.2) is 0 Å². The Kier molecular flexibility index (Phi) is 5.20. The smallest absolute Gasteiger partial charge is 0.231 e. The van der Waals surface area contributed by atoms with E-state index < -0.39 is 0 Å². The molecule has 118 valence electrons. The van der Waals surface area contributed by atoms with Gasteiger partial charge in [-0.3, -0.25) is 0 Å². The van der Waals surface area contributed by atoms with Crippen molar-refractivity contribution in [3.63, 3.8) is 0 Å². The van der Waals surface area contributed by atoms with Crippen molar-refractivity contribution >= 4 is 17.8 Å². The van der Waals surface area contributed by atoms with E-state index >= 15 is 0 Å². The Morgan fingerprint density at radius 2 is 1.62 bits per heavy atom. The van der Waals surface area contributed by atoms with Crippen LogP contribution in [0, 0.1) is 0 Å². The molecule has 0 amide bonds. The van der Waals surface area contributed by atoms with E-state index in [0.717, 1.165) is 25.6 Å². The molecule has 1 saturated carbocycles. The zero-order chi connectivity index (χ0) is 15.3. The molecule has 1 aromatic heterocycles. The van der Waals surface area contributed by atoms with Crippen LogP contribution in [0.25, 0.3) is 0 Å². The number of nitrogens with one attached hydrogen (secondary N) is 2. The van der Waals surface area contributed by atoms with Crippen molar-refractivity contribution in [2.24, 2.45) is 0 Å². The maximum atomic E-state index is 4.62. The molecule has 0 saturated heterocycles. The fraction of sp³-hybridized carbons (Fsp3) is 0.800. The minimum absolute atomic E-state index is 0.116. The average Bonchev–Trinajstić information content (AvgIpc) is 2.86. The standard InChI is InChI=1S/C15H28N6/c1-5-16-12-17-13(20-15(4)10-8-9-11-15)19-14(18-12)21(6-2)7-3/h5-11H2,1-4H3,(H2,16,17,18,19,20). The Labute approximate surface area is 127 Å². The van der Waals surface area contributed by atoms with E-state index in [4.69, 9.17) is 0 Å². The molecule has 6 nitrogen and oxygen atoms in total. The Morgan fingerprint density at radius 3 is 2.19 bits per heavy atom. The van der Waals surface area contributed by atoms with Gasteiger partial charge < -0.3 is 15.5 Å². The highest BCUT2D eigenvalue weighted by molar-refractivity contribution is 5.45. The highest BCUT2D eigenvalue weighted by Crippen LogP contribution is 2.32. The fourth-order valence-electron chi connectivity index (χ4n) is 2.86. The molecule has 0 radical (unpaired) electrons. The fourth-order valence-corrected chi connectivity index (χ4v) is 2.86. The zero-order valence-corrected chi connectivity index (χ0v) is 13.7. The number of hydrogen-bond donors (Lipinski definition) is 2. The quantitative estimate of drug-likeness (QED) is 0.805. The normalized spacial score (nSPS) is 16.8. The minimum Gasteiger partial charge on any atom is -0.354 e. The van der Waals surface area contributed by atoms with Crippen molar-refractivity contribution in [1.29, 1.82) is 0 Å². The Morgan fingerprint density at radius 1 is 1.00 bits per heavy atom. The third kappa shape index (κ3) is 3.95. The first-order valence-corrected chi connectivity index (χ1v) is 8.13. The molecule has 0 unspecified atom stereocenters. The van der Waals surface area contributed by atoms with Crippen LogP contribution in [-0.4, -0.2) is 40.1 Å². The second-order valence-electron chi connectivity index (χ2n) is 5.88. The SMILES string of the molecule is CCNc1nc(NC2(C)CCCC2)nc(N(CC)CC)n1. The topological polar surface area (TPSA) is 66.0 Å². The monoisotopic (exact) mass is 292 g/mol. The third-order valence-electron chi connectivity index (χ3n) is 4.13. The van der Waals surface area contributed by atoms with Crippen LogP contribution < -0.4 is 15.5 Å². The van der Waals surface area contributed by atoms with Crippen molar-refractivity contribution in [2.45, 2.75) is 58.9 Å². The lowest BCUT2D eigenvalue weighted by Gasteiger charge is -2.26. The van der Waals surface area contributed by atoms with Crippen molar-refractivity contribution in [2.75, 3.05) is 35.2 Å². The summed E-state index contributed by atoms with van der Waals surface area (Å²) < 4.78 is 0. The van der Waals surface area contributed by atoms with Gasteiger partial charge in [-0.25, -0.2) is 0 Å². The van der Waals surface area contributed by atoms with Gasteiger partial charge in [-0.05, 0) is 40.5 Å². The van der Waals surface area contributed by atoms with Crippen molar-refractivity contribution < 1.29 is 0 Å². The van der Waals surface area contributed by atoms with Crippen molar-refractivity contribution in [1.82, 2.24) is 15.0 Å². The molecular weight excluding hydrogens is 264 g/mol. The summed E-state index contributed by atoms with van der Waals surface area (Å²) >= 11 is 0. The molecule has 0 spiro atoms. The minimum atomic E-state index is 0.116. The maximum Gasteiger partial charge on any atom is 0.231 e. The molecule has 1 aliphatic rings. The predicted octanol–water partition coefficient (Wildman–Crippen LogP) is 2.89. The molecule has 2 N–H and O–H groups in total. The lowest BCUT2D eigenvalue weighted by atomic mass is 10.0. The first-order valence-electron chi connectivity index (χ1n) is 8.13. The van der Waals surface area contributed by atoms with Crippen molar-refractivity contribution in [3.8, 4) is 0 Å². The lowest BCUT2D eigenvalue weighted by Crippen LogP contribution is -2.33. The van der Waals surface area contributed by atoms with Crippen LogP contribution in [-0.2, 0) is 0 Å². The van der Waals surface area contributed by atoms with Gasteiger partial charge in [-0.1, -0.05) is 12.8 Å². The van der Waals surface area contributed by atoms with Crippen LogP contribution in [0.3, 0.4) is 0 Å². The molecule has 0 bridgehead atoms. The molecule has 0 aromatic carbocycles. The summed E-state index contributed by atoms with van der Waals surface area (Å²) in [4.78, 5) is 15.8. The summed E-state index contributed by atoms with van der Waals surface area (Å²) in [5.41, 5.74) is 0.116. The predicted molar refractivity (Wildman–Crippen MR) is 88.0 cm³/mol. The van der Waals surface area contributed by atoms with E-state index in [1.165, 1.54) is 25.7 Å². The number of aromatic nitrogens is 3. The molecule has 1 aromatic rings. The molecule has 0 aliphatic heterocycles. The van der Waals surface area contributed by atoms with Gasteiger partial charge in [0.2, 0.25) is 17.8 Å². The summed E-state index contributed by atoms with van der Waals surface area (Å²) in [6, 6.07) is 0. The summed E-state index contributed by atoms with van der Waals surface area (Å²) in [7, 11) is 0. The molecule has 1 aliphatic carbocycles. The van der Waals surface area contributed by atoms with Crippen LogP contribution in [0.1, 0.15) is 53.4 Å². The van der Waals surface area contributed by atoms with Gasteiger partial charge in [0.05, 0.1) is 0 Å². The van der Waals surface area contributed by atoms with Crippen molar-refractivity contribution in [3.05, 3.63) is 0 Å². The van der Waals surface area contributed by atoms with E-state index in [2.05, 4.69) is 51.3 Å². The molecular formula is C15H28N6. The first-order chi connectivity index (χ1) is 10.1. The highest BCUT2D eigenvalue weighted by Gasteiger charge is 2.29. The number of nitrogens with zero attached hydrogens (tertiary/aromatic N) is 4. The molecule has 1 heterocycles. The van der Waals surface area contributed by atoms with Crippen LogP contribution in [0.5, 0.6) is 0 Å². The van der Waals surface area contributed by atoms with E-state index in [1.54, 1.807) is 0 Å². The van der Waals surface area contributed by atoms with E-state index in [1.807, 2.05) is 6.92 Å². The van der Waals surface area contributed by atoms with Crippen LogP contribution in [0.2, 0.25) is 0 Å². The highest BCUT2D eigenvalue weighted by atomic mass is 15.3. The Balaban J connectivity index is 2.26. The molecule has 6 heteroatoms. The Bertz CT molecular complexity index is 451. The van der Waals surface area contributed by atoms with Crippen LogP contribution in [0.4, 0.5) is 17.8 Å². The molecule has 0 atom stereocenters. The van der Waals surface area contributed by atoms with Gasteiger partial charge in [-0.2, -0.15) is 15.0 Å². The molecule has 2 rings (SSSR count). The largest absolute Gasteiger partial charge is 0.354 e. The average molecular weight is 292 g/mol. The first kappa shape index (κ1) is 15.8. The molecule has 1 fully saturated rings. The zero-order valence-electron chi connectivity index (χ0n) is 13.7. The Hall–Kier alpha value is -1.59. The van der Waals surface area contributed by atoms with Gasteiger partial charge in [0.1, 0.15) is 0 Å². The van der Waals surface area contributed by atoms with Gasteiger partial charge in [-0.15, -0.1) is 0 Å². The number of rotatable bonds is 7. The maximum absolute atomic E-state index is 4.62. The van der Waals surface area contributed by atoms with Gasteiger partial charge in [0.25, 0.3) is 0 Å². The van der Waals surface area contributed by atoms with E-state index in [9.17, 15) is 0 Å².